The third-order valence-corrected chi connectivity index (χ3v) is 4.56. The van der Waals surface area contributed by atoms with E-state index in [9.17, 15) is 4.39 Å². The van der Waals surface area contributed by atoms with Gasteiger partial charge in [-0.25, -0.2) is 9.37 Å². The molecule has 1 nitrogen and oxygen atoms in total. The van der Waals surface area contributed by atoms with Crippen molar-refractivity contribution in [2.75, 3.05) is 0 Å². The molecular formula is C20H28FN. The first-order chi connectivity index (χ1) is 10.3. The minimum absolute atomic E-state index is 0.0610. The summed E-state index contributed by atoms with van der Waals surface area (Å²) in [5, 5.41) is 1.00. The number of aryl methyl sites for hydroxylation is 2. The van der Waals surface area contributed by atoms with Crippen LogP contribution in [0.5, 0.6) is 0 Å². The lowest BCUT2D eigenvalue weighted by molar-refractivity contribution is 0.576. The first-order valence-electron chi connectivity index (χ1n) is 8.35. The molecule has 0 aliphatic rings. The number of hydrogen-bond acceptors (Lipinski definition) is 1. The standard InChI is InChI=1S/C20H28FN/c1-7-8-9-10-16-13(2)14(3)22-19-17(16)11-15(12-18(19)21)20(4,5)6/h11-12H,7-10H2,1-6H3. The van der Waals surface area contributed by atoms with Gasteiger partial charge in [-0.1, -0.05) is 40.5 Å². The minimum Gasteiger partial charge on any atom is -0.250 e. The molecule has 0 aliphatic carbocycles. The molecule has 22 heavy (non-hydrogen) atoms. The molecule has 0 bridgehead atoms. The van der Waals surface area contributed by atoms with Crippen LogP contribution in [-0.2, 0) is 11.8 Å². The Bertz CT molecular complexity index is 680. The first kappa shape index (κ1) is 16.9. The van der Waals surface area contributed by atoms with Crippen molar-refractivity contribution in [1.29, 1.82) is 0 Å². The van der Waals surface area contributed by atoms with E-state index in [0.717, 1.165) is 29.5 Å². The Labute approximate surface area is 134 Å². The van der Waals surface area contributed by atoms with Crippen LogP contribution in [0.3, 0.4) is 0 Å². The Morgan fingerprint density at radius 3 is 2.36 bits per heavy atom. The number of halogens is 1. The zero-order valence-corrected chi connectivity index (χ0v) is 14.8. The molecule has 0 unspecified atom stereocenters. The Balaban J connectivity index is 2.68. The summed E-state index contributed by atoms with van der Waals surface area (Å²) in [4.78, 5) is 4.51. The van der Waals surface area contributed by atoms with E-state index < -0.39 is 0 Å². The molecule has 2 aromatic rings. The lowest BCUT2D eigenvalue weighted by Gasteiger charge is -2.21. The van der Waals surface area contributed by atoms with Gasteiger partial charge in [0.25, 0.3) is 0 Å². The predicted molar refractivity (Wildman–Crippen MR) is 93.1 cm³/mol. The largest absolute Gasteiger partial charge is 0.250 e. The summed E-state index contributed by atoms with van der Waals surface area (Å²) in [6.45, 7) is 12.7. The summed E-state index contributed by atoms with van der Waals surface area (Å²) < 4.78 is 14.6. The van der Waals surface area contributed by atoms with Crippen molar-refractivity contribution in [3.8, 4) is 0 Å². The number of aromatic nitrogens is 1. The molecule has 0 radical (unpaired) electrons. The maximum atomic E-state index is 14.6. The topological polar surface area (TPSA) is 12.9 Å². The van der Waals surface area contributed by atoms with Gasteiger partial charge in [-0.15, -0.1) is 0 Å². The highest BCUT2D eigenvalue weighted by molar-refractivity contribution is 5.85. The molecule has 120 valence electrons. The summed E-state index contributed by atoms with van der Waals surface area (Å²) in [5.74, 6) is -0.192. The van der Waals surface area contributed by atoms with Gasteiger partial charge in [0, 0.05) is 11.1 Å². The zero-order valence-electron chi connectivity index (χ0n) is 14.8. The van der Waals surface area contributed by atoms with Crippen molar-refractivity contribution in [3.63, 3.8) is 0 Å². The molecule has 1 aromatic carbocycles. The number of pyridine rings is 1. The molecule has 1 heterocycles. The number of hydrogen-bond donors (Lipinski definition) is 0. The van der Waals surface area contributed by atoms with E-state index in [1.165, 1.54) is 24.0 Å². The smallest absolute Gasteiger partial charge is 0.149 e. The van der Waals surface area contributed by atoms with Crippen LogP contribution in [-0.4, -0.2) is 4.98 Å². The van der Waals surface area contributed by atoms with Crippen molar-refractivity contribution in [3.05, 3.63) is 40.3 Å². The summed E-state index contributed by atoms with van der Waals surface area (Å²) in [7, 11) is 0. The van der Waals surface area contributed by atoms with Crippen molar-refractivity contribution in [2.24, 2.45) is 0 Å². The maximum Gasteiger partial charge on any atom is 0.149 e. The van der Waals surface area contributed by atoms with E-state index in [0.29, 0.717) is 5.52 Å². The highest BCUT2D eigenvalue weighted by Crippen LogP contribution is 2.32. The number of unbranched alkanes of at least 4 members (excludes halogenated alkanes) is 2. The van der Waals surface area contributed by atoms with Crippen LogP contribution in [0.15, 0.2) is 12.1 Å². The van der Waals surface area contributed by atoms with Crippen LogP contribution < -0.4 is 0 Å². The molecule has 0 aliphatic heterocycles. The maximum absolute atomic E-state index is 14.6. The van der Waals surface area contributed by atoms with Crippen LogP contribution in [0.4, 0.5) is 4.39 Å². The lowest BCUT2D eigenvalue weighted by atomic mass is 9.85. The molecule has 0 atom stereocenters. The Kier molecular flexibility index (Phi) is 4.89. The molecule has 0 fully saturated rings. The van der Waals surface area contributed by atoms with Crippen LogP contribution in [0.1, 0.15) is 69.3 Å². The Hall–Kier alpha value is -1.44. The van der Waals surface area contributed by atoms with E-state index >= 15 is 0 Å². The van der Waals surface area contributed by atoms with Crippen molar-refractivity contribution in [2.45, 2.75) is 72.6 Å². The van der Waals surface area contributed by atoms with Gasteiger partial charge >= 0.3 is 0 Å². The second kappa shape index (κ2) is 6.36. The van der Waals surface area contributed by atoms with Crippen LogP contribution >= 0.6 is 0 Å². The second-order valence-electron chi connectivity index (χ2n) is 7.36. The molecule has 0 amide bonds. The highest BCUT2D eigenvalue weighted by Gasteiger charge is 2.19. The third-order valence-electron chi connectivity index (χ3n) is 4.56. The van der Waals surface area contributed by atoms with Gasteiger partial charge in [0.15, 0.2) is 0 Å². The molecule has 0 N–H and O–H groups in total. The van der Waals surface area contributed by atoms with Crippen LogP contribution in [0.2, 0.25) is 0 Å². The average Bonchev–Trinajstić information content (AvgIpc) is 2.43. The zero-order chi connectivity index (χ0) is 16.5. The van der Waals surface area contributed by atoms with E-state index in [-0.39, 0.29) is 11.2 Å². The van der Waals surface area contributed by atoms with Crippen LogP contribution in [0.25, 0.3) is 10.9 Å². The minimum atomic E-state index is -0.192. The van der Waals surface area contributed by atoms with Crippen molar-refractivity contribution >= 4 is 10.9 Å². The Morgan fingerprint density at radius 1 is 1.09 bits per heavy atom. The number of benzene rings is 1. The number of nitrogens with zero attached hydrogens (tertiary/aromatic N) is 1. The fourth-order valence-corrected chi connectivity index (χ4v) is 2.92. The average molecular weight is 301 g/mol. The van der Waals surface area contributed by atoms with Crippen LogP contribution in [0, 0.1) is 19.7 Å². The number of rotatable bonds is 4. The summed E-state index contributed by atoms with van der Waals surface area (Å²) in [5.41, 5.74) is 4.95. The SMILES string of the molecule is CCCCCc1c(C)c(C)nc2c(F)cc(C(C)(C)C)cc12. The van der Waals surface area contributed by atoms with E-state index in [1.54, 1.807) is 6.07 Å². The summed E-state index contributed by atoms with van der Waals surface area (Å²) in [6.07, 6.45) is 4.57. The van der Waals surface area contributed by atoms with Gasteiger partial charge in [0.05, 0.1) is 0 Å². The van der Waals surface area contributed by atoms with Crippen molar-refractivity contribution < 1.29 is 4.39 Å². The molecule has 2 rings (SSSR count). The summed E-state index contributed by atoms with van der Waals surface area (Å²) >= 11 is 0. The lowest BCUT2D eigenvalue weighted by Crippen LogP contribution is -2.12. The number of fused-ring (bicyclic) bond motifs is 1. The molecule has 0 spiro atoms. The van der Waals surface area contributed by atoms with E-state index in [4.69, 9.17) is 0 Å². The first-order valence-corrected chi connectivity index (χ1v) is 8.35. The normalized spacial score (nSPS) is 12.1. The Morgan fingerprint density at radius 2 is 1.77 bits per heavy atom. The monoisotopic (exact) mass is 301 g/mol. The van der Waals surface area contributed by atoms with Gasteiger partial charge in [-0.2, -0.15) is 0 Å². The summed E-state index contributed by atoms with van der Waals surface area (Å²) in [6, 6.07) is 3.80. The molecule has 1 aromatic heterocycles. The predicted octanol–water partition coefficient (Wildman–Crippen LogP) is 6.02. The van der Waals surface area contributed by atoms with E-state index in [1.807, 2.05) is 6.92 Å². The molecule has 2 heteroatoms. The van der Waals surface area contributed by atoms with Gasteiger partial charge in [0.1, 0.15) is 11.3 Å². The van der Waals surface area contributed by atoms with E-state index in [2.05, 4.69) is 45.7 Å². The van der Waals surface area contributed by atoms with Gasteiger partial charge in [-0.3, -0.25) is 0 Å². The molecular weight excluding hydrogens is 273 g/mol. The van der Waals surface area contributed by atoms with Gasteiger partial charge in [0.2, 0.25) is 0 Å². The van der Waals surface area contributed by atoms with Gasteiger partial charge in [-0.05, 0) is 60.9 Å². The van der Waals surface area contributed by atoms with Crippen molar-refractivity contribution in [1.82, 2.24) is 4.98 Å². The second-order valence-corrected chi connectivity index (χ2v) is 7.36. The molecule has 0 saturated carbocycles. The van der Waals surface area contributed by atoms with Gasteiger partial charge < -0.3 is 0 Å². The highest BCUT2D eigenvalue weighted by atomic mass is 19.1. The fraction of sp³-hybridized carbons (Fsp3) is 0.550. The molecule has 0 saturated heterocycles. The third kappa shape index (κ3) is 3.31. The fourth-order valence-electron chi connectivity index (χ4n) is 2.92. The quantitative estimate of drug-likeness (QED) is 0.629.